The Labute approximate surface area is 246 Å². The summed E-state index contributed by atoms with van der Waals surface area (Å²) in [6.07, 6.45) is 7.83. The van der Waals surface area contributed by atoms with Gasteiger partial charge in [-0.1, -0.05) is 0 Å². The van der Waals surface area contributed by atoms with Crippen LogP contribution in [0.4, 0.5) is 14.9 Å². The number of carbonyl (C=O) groups is 3. The minimum Gasteiger partial charge on any atom is -0.410 e. The molecule has 3 aromatic heterocycles. The van der Waals surface area contributed by atoms with Gasteiger partial charge in [0.1, 0.15) is 5.75 Å². The maximum absolute atomic E-state index is 16.2. The molecule has 4 heterocycles. The van der Waals surface area contributed by atoms with E-state index in [-0.39, 0.29) is 45.8 Å². The molecule has 1 aromatic carbocycles. The maximum Gasteiger partial charge on any atom is 0.409 e. The molecule has 0 spiro atoms. The first-order chi connectivity index (χ1) is 20.7. The highest BCUT2D eigenvalue weighted by atomic mass is 19.1. The summed E-state index contributed by atoms with van der Waals surface area (Å²) in [6, 6.07) is 7.84. The second-order valence-corrected chi connectivity index (χ2v) is 10.9. The molecule has 2 aliphatic rings. The lowest BCUT2D eigenvalue weighted by Crippen LogP contribution is -2.23. The summed E-state index contributed by atoms with van der Waals surface area (Å²) in [5.74, 6) is -1.51. The molecule has 6 rings (SSSR count). The van der Waals surface area contributed by atoms with Gasteiger partial charge < -0.3 is 29.7 Å². The number of pyridine rings is 1. The molecule has 1 saturated carbocycles. The average molecular weight is 590 g/mol. The predicted molar refractivity (Wildman–Crippen MR) is 155 cm³/mol. The zero-order valence-electron chi connectivity index (χ0n) is 23.8. The second-order valence-electron chi connectivity index (χ2n) is 10.9. The number of nitrogens with one attached hydrogen (secondary N) is 1. The predicted octanol–water partition coefficient (Wildman–Crippen LogP) is 5.79. The first-order valence-corrected chi connectivity index (χ1v) is 14.3. The van der Waals surface area contributed by atoms with Gasteiger partial charge in [-0.2, -0.15) is 5.10 Å². The van der Waals surface area contributed by atoms with Crippen molar-refractivity contribution in [2.75, 3.05) is 11.9 Å². The molecule has 224 valence electrons. The zero-order chi connectivity index (χ0) is 30.2. The molecule has 4 aromatic rings. The van der Waals surface area contributed by atoms with Crippen molar-refractivity contribution in [3.8, 4) is 16.9 Å². The molecule has 0 bridgehead atoms. The Morgan fingerprint density at radius 1 is 1.16 bits per heavy atom. The SMILES string of the molecule is CC(=O)c1cc(C(=O)Nc2cc(C(C)OC3CCCCO3)cc(-c3cnn(C4CC4)c3)c2F)c2cc(OC(N)=O)ccn12. The van der Waals surface area contributed by atoms with Crippen LogP contribution in [0.1, 0.15) is 84.5 Å². The number of nitrogens with zero attached hydrogens (tertiary/aromatic N) is 3. The molecule has 11 nitrogen and oxygen atoms in total. The van der Waals surface area contributed by atoms with Gasteiger partial charge in [0.05, 0.1) is 40.8 Å². The third-order valence-corrected chi connectivity index (χ3v) is 7.71. The molecule has 1 aliphatic carbocycles. The van der Waals surface area contributed by atoms with E-state index in [0.717, 1.165) is 32.1 Å². The first-order valence-electron chi connectivity index (χ1n) is 14.3. The minimum absolute atomic E-state index is 0.0649. The smallest absolute Gasteiger partial charge is 0.409 e. The summed E-state index contributed by atoms with van der Waals surface area (Å²) in [4.78, 5) is 37.4. The number of Topliss-reactive ketones (excluding diaryl/α,β-unsaturated/α-hetero) is 1. The van der Waals surface area contributed by atoms with Gasteiger partial charge in [0.15, 0.2) is 17.9 Å². The number of rotatable bonds is 9. The van der Waals surface area contributed by atoms with E-state index < -0.39 is 23.9 Å². The van der Waals surface area contributed by atoms with Crippen LogP contribution < -0.4 is 15.8 Å². The number of nitrogens with two attached hydrogens (primary N) is 1. The van der Waals surface area contributed by atoms with E-state index in [1.807, 2.05) is 17.8 Å². The van der Waals surface area contributed by atoms with E-state index in [9.17, 15) is 14.4 Å². The average Bonchev–Trinajstić information content (AvgIpc) is 3.58. The fourth-order valence-corrected chi connectivity index (χ4v) is 5.32. The number of benzene rings is 1. The van der Waals surface area contributed by atoms with Gasteiger partial charge in [0.2, 0.25) is 0 Å². The van der Waals surface area contributed by atoms with Gasteiger partial charge in [-0.3, -0.25) is 14.3 Å². The fraction of sp³-hybridized carbons (Fsp3) is 0.355. The van der Waals surface area contributed by atoms with Crippen molar-refractivity contribution in [3.05, 3.63) is 71.6 Å². The lowest BCUT2D eigenvalue weighted by Gasteiger charge is -2.26. The molecule has 2 atom stereocenters. The molecule has 12 heteroatoms. The van der Waals surface area contributed by atoms with Gasteiger partial charge in [-0.25, -0.2) is 9.18 Å². The summed E-state index contributed by atoms with van der Waals surface area (Å²) in [6.45, 7) is 3.84. The second kappa shape index (κ2) is 11.6. The highest BCUT2D eigenvalue weighted by Gasteiger charge is 2.27. The van der Waals surface area contributed by atoms with E-state index >= 15 is 4.39 Å². The van der Waals surface area contributed by atoms with Crippen molar-refractivity contribution in [2.24, 2.45) is 5.73 Å². The summed E-state index contributed by atoms with van der Waals surface area (Å²) >= 11 is 0. The number of carbonyl (C=O) groups excluding carboxylic acids is 3. The van der Waals surface area contributed by atoms with Gasteiger partial charge >= 0.3 is 6.09 Å². The van der Waals surface area contributed by atoms with E-state index in [4.69, 9.17) is 19.9 Å². The summed E-state index contributed by atoms with van der Waals surface area (Å²) in [5.41, 5.74) is 7.14. The molecule has 43 heavy (non-hydrogen) atoms. The first kappa shape index (κ1) is 28.6. The van der Waals surface area contributed by atoms with Gasteiger partial charge in [0.25, 0.3) is 5.91 Å². The largest absolute Gasteiger partial charge is 0.410 e. The van der Waals surface area contributed by atoms with Crippen molar-refractivity contribution >= 4 is 29.0 Å². The highest BCUT2D eigenvalue weighted by molar-refractivity contribution is 6.11. The summed E-state index contributed by atoms with van der Waals surface area (Å²) in [7, 11) is 0. The highest BCUT2D eigenvalue weighted by Crippen LogP contribution is 2.38. The van der Waals surface area contributed by atoms with Crippen LogP contribution in [0.25, 0.3) is 16.6 Å². The molecular weight excluding hydrogens is 557 g/mol. The summed E-state index contributed by atoms with van der Waals surface area (Å²) in [5, 5.41) is 7.11. The standard InChI is InChI=1S/C31H32FN5O6/c1-17(38)26-14-24(27-13-22(43-31(33)40)8-9-36(26)27)30(39)35-25-12-19(18(2)42-28-5-3-4-10-41-28)11-23(29(25)32)20-15-34-37(16-20)21-6-7-21/h8-9,11-16,18,21,28H,3-7,10H2,1-2H3,(H2,33,40)(H,35,39). The number of anilines is 1. The quantitative estimate of drug-likeness (QED) is 0.236. The van der Waals surface area contributed by atoms with Crippen LogP contribution in [-0.4, -0.2) is 44.9 Å². The molecule has 2 fully saturated rings. The van der Waals surface area contributed by atoms with E-state index in [2.05, 4.69) is 10.4 Å². The van der Waals surface area contributed by atoms with Crippen LogP contribution in [0.5, 0.6) is 5.75 Å². The Kier molecular flexibility index (Phi) is 7.72. The third kappa shape index (κ3) is 6.02. The number of amides is 2. The number of ketones is 1. The number of halogens is 1. The number of hydrogen-bond donors (Lipinski definition) is 2. The zero-order valence-corrected chi connectivity index (χ0v) is 23.8. The Morgan fingerprint density at radius 2 is 1.98 bits per heavy atom. The fourth-order valence-electron chi connectivity index (χ4n) is 5.32. The normalized spacial score (nSPS) is 17.5. The Bertz CT molecular complexity index is 1720. The number of fused-ring (bicyclic) bond motifs is 1. The lowest BCUT2D eigenvalue weighted by molar-refractivity contribution is -0.186. The maximum atomic E-state index is 16.2. The van der Waals surface area contributed by atoms with Crippen LogP contribution in [0.3, 0.4) is 0 Å². The third-order valence-electron chi connectivity index (χ3n) is 7.71. The Balaban J connectivity index is 1.38. The molecular formula is C31H32FN5O6. The van der Waals surface area contributed by atoms with Crippen molar-refractivity contribution in [1.82, 2.24) is 14.2 Å². The Morgan fingerprint density at radius 3 is 2.67 bits per heavy atom. The monoisotopic (exact) mass is 589 g/mol. The molecule has 2 unspecified atom stereocenters. The van der Waals surface area contributed by atoms with Crippen molar-refractivity contribution in [1.29, 1.82) is 0 Å². The van der Waals surface area contributed by atoms with Gasteiger partial charge in [-0.05, 0) is 68.9 Å². The molecule has 1 saturated heterocycles. The van der Waals surface area contributed by atoms with Crippen LogP contribution >= 0.6 is 0 Å². The van der Waals surface area contributed by atoms with Crippen LogP contribution in [0.15, 0.2) is 48.9 Å². The lowest BCUT2D eigenvalue weighted by atomic mass is 10.0. The summed E-state index contributed by atoms with van der Waals surface area (Å²) < 4.78 is 36.4. The van der Waals surface area contributed by atoms with Crippen LogP contribution in [-0.2, 0) is 9.47 Å². The van der Waals surface area contributed by atoms with Crippen LogP contribution in [0, 0.1) is 5.82 Å². The van der Waals surface area contributed by atoms with Crippen molar-refractivity contribution in [3.63, 3.8) is 0 Å². The van der Waals surface area contributed by atoms with Gasteiger partial charge in [0, 0.05) is 43.1 Å². The number of aromatic nitrogens is 3. The molecule has 1 aliphatic heterocycles. The van der Waals surface area contributed by atoms with Crippen molar-refractivity contribution in [2.45, 2.75) is 64.4 Å². The van der Waals surface area contributed by atoms with E-state index in [0.29, 0.717) is 23.8 Å². The van der Waals surface area contributed by atoms with Crippen molar-refractivity contribution < 1.29 is 33.0 Å². The topological polar surface area (TPSA) is 139 Å². The molecule has 0 radical (unpaired) electrons. The number of primary amides is 1. The number of hydrogen-bond acceptors (Lipinski definition) is 7. The molecule has 3 N–H and O–H groups in total. The van der Waals surface area contributed by atoms with Crippen LogP contribution in [0.2, 0.25) is 0 Å². The van der Waals surface area contributed by atoms with Gasteiger partial charge in [-0.15, -0.1) is 0 Å². The van der Waals surface area contributed by atoms with E-state index in [1.54, 1.807) is 18.3 Å². The number of ether oxygens (including phenoxy) is 3. The molecule has 2 amide bonds. The van der Waals surface area contributed by atoms with E-state index in [1.165, 1.54) is 35.7 Å². The minimum atomic E-state index is -1.03. The Hall–Kier alpha value is -4.55.